The van der Waals surface area contributed by atoms with Crippen LogP contribution in [-0.4, -0.2) is 23.9 Å². The fourth-order valence-corrected chi connectivity index (χ4v) is 4.35. The lowest BCUT2D eigenvalue weighted by Crippen LogP contribution is -2.18. The second-order valence-electron chi connectivity index (χ2n) is 7.05. The zero-order valence-electron chi connectivity index (χ0n) is 15.8. The summed E-state index contributed by atoms with van der Waals surface area (Å²) in [4.78, 5) is 17.4. The van der Waals surface area contributed by atoms with Gasteiger partial charge in [-0.05, 0) is 67.9 Å². The predicted molar refractivity (Wildman–Crippen MR) is 116 cm³/mol. The van der Waals surface area contributed by atoms with E-state index in [-0.39, 0.29) is 5.91 Å². The van der Waals surface area contributed by atoms with Gasteiger partial charge in [0.15, 0.2) is 0 Å². The molecule has 3 nitrogen and oxygen atoms in total. The number of benzene rings is 3. The van der Waals surface area contributed by atoms with Crippen LogP contribution < -0.4 is 5.32 Å². The van der Waals surface area contributed by atoms with Crippen molar-refractivity contribution in [1.29, 1.82) is 0 Å². The van der Waals surface area contributed by atoms with Crippen molar-refractivity contribution in [1.82, 2.24) is 4.90 Å². The minimum atomic E-state index is -0.0752. The van der Waals surface area contributed by atoms with Crippen molar-refractivity contribution >= 4 is 23.4 Å². The van der Waals surface area contributed by atoms with Crippen LogP contribution in [0.3, 0.4) is 0 Å². The van der Waals surface area contributed by atoms with E-state index in [9.17, 15) is 4.79 Å². The van der Waals surface area contributed by atoms with Crippen LogP contribution in [0.4, 0.5) is 5.69 Å². The second-order valence-corrected chi connectivity index (χ2v) is 8.16. The van der Waals surface area contributed by atoms with Gasteiger partial charge in [0.25, 0.3) is 5.91 Å². The van der Waals surface area contributed by atoms with Crippen molar-refractivity contribution in [3.05, 3.63) is 90.0 Å². The van der Waals surface area contributed by atoms with Crippen LogP contribution in [0.2, 0.25) is 0 Å². The van der Waals surface area contributed by atoms with Gasteiger partial charge in [0.1, 0.15) is 0 Å². The Morgan fingerprint density at radius 3 is 2.29 bits per heavy atom. The fourth-order valence-electron chi connectivity index (χ4n) is 3.43. The molecule has 3 aromatic rings. The van der Waals surface area contributed by atoms with Crippen LogP contribution in [0.5, 0.6) is 0 Å². The van der Waals surface area contributed by atoms with Crippen molar-refractivity contribution < 1.29 is 4.79 Å². The molecule has 0 bridgehead atoms. The number of hydrogen-bond donors (Lipinski definition) is 1. The number of anilines is 1. The molecule has 1 amide bonds. The molecule has 3 aromatic carbocycles. The monoisotopic (exact) mass is 388 g/mol. The average molecular weight is 389 g/mol. The highest BCUT2D eigenvalue weighted by Crippen LogP contribution is 2.33. The SMILES string of the molecule is O=C(Nc1ccccc1Sc1ccccc1)c1ccc(CN2CCCC2)cc1. The minimum absolute atomic E-state index is 0.0752. The van der Waals surface area contributed by atoms with Crippen LogP contribution >= 0.6 is 11.8 Å². The third-order valence-electron chi connectivity index (χ3n) is 4.93. The molecule has 0 aliphatic carbocycles. The summed E-state index contributed by atoms with van der Waals surface area (Å²) in [5, 5.41) is 3.07. The summed E-state index contributed by atoms with van der Waals surface area (Å²) in [5.41, 5.74) is 2.78. The lowest BCUT2D eigenvalue weighted by Gasteiger charge is -2.15. The Hall–Kier alpha value is -2.56. The van der Waals surface area contributed by atoms with E-state index >= 15 is 0 Å². The predicted octanol–water partition coefficient (Wildman–Crippen LogP) is 5.69. The summed E-state index contributed by atoms with van der Waals surface area (Å²) in [6, 6.07) is 26.1. The van der Waals surface area contributed by atoms with Gasteiger partial charge >= 0.3 is 0 Å². The quantitative estimate of drug-likeness (QED) is 0.589. The number of carbonyl (C=O) groups excluding carboxylic acids is 1. The maximum atomic E-state index is 12.7. The Bertz CT molecular complexity index is 919. The molecule has 142 valence electrons. The summed E-state index contributed by atoms with van der Waals surface area (Å²) >= 11 is 1.65. The van der Waals surface area contributed by atoms with Crippen molar-refractivity contribution in [3.8, 4) is 0 Å². The number of amides is 1. The molecule has 0 spiro atoms. The molecule has 4 rings (SSSR count). The van der Waals surface area contributed by atoms with Gasteiger partial charge in [0, 0.05) is 21.9 Å². The van der Waals surface area contributed by atoms with Gasteiger partial charge in [-0.1, -0.05) is 54.2 Å². The molecule has 1 aliphatic rings. The number of rotatable bonds is 6. The Labute approximate surface area is 170 Å². The van der Waals surface area contributed by atoms with E-state index in [0.29, 0.717) is 5.56 Å². The second kappa shape index (κ2) is 9.09. The van der Waals surface area contributed by atoms with E-state index in [0.717, 1.165) is 22.0 Å². The van der Waals surface area contributed by atoms with Crippen LogP contribution in [0.15, 0.2) is 88.7 Å². The van der Waals surface area contributed by atoms with E-state index in [2.05, 4.69) is 34.5 Å². The largest absolute Gasteiger partial charge is 0.321 e. The molecule has 0 saturated carbocycles. The summed E-state index contributed by atoms with van der Waals surface area (Å²) < 4.78 is 0. The van der Waals surface area contributed by atoms with Gasteiger partial charge in [-0.2, -0.15) is 0 Å². The first-order chi connectivity index (χ1) is 13.8. The van der Waals surface area contributed by atoms with Crippen LogP contribution in [0.25, 0.3) is 0 Å². The van der Waals surface area contributed by atoms with Crippen molar-refractivity contribution in [2.75, 3.05) is 18.4 Å². The molecule has 28 heavy (non-hydrogen) atoms. The van der Waals surface area contributed by atoms with E-state index in [4.69, 9.17) is 0 Å². The third-order valence-corrected chi connectivity index (χ3v) is 6.01. The summed E-state index contributed by atoms with van der Waals surface area (Å²) in [6.07, 6.45) is 2.59. The number of carbonyl (C=O) groups is 1. The van der Waals surface area contributed by atoms with Gasteiger partial charge in [-0.15, -0.1) is 0 Å². The molecule has 4 heteroatoms. The van der Waals surface area contributed by atoms with Crippen molar-refractivity contribution in [2.45, 2.75) is 29.2 Å². The number of hydrogen-bond acceptors (Lipinski definition) is 3. The van der Waals surface area contributed by atoms with E-state index in [1.54, 1.807) is 11.8 Å². The highest BCUT2D eigenvalue weighted by atomic mass is 32.2. The van der Waals surface area contributed by atoms with Crippen LogP contribution in [0.1, 0.15) is 28.8 Å². The van der Waals surface area contributed by atoms with Crippen molar-refractivity contribution in [2.24, 2.45) is 0 Å². The van der Waals surface area contributed by atoms with E-state index < -0.39 is 0 Å². The van der Waals surface area contributed by atoms with Gasteiger partial charge in [-0.25, -0.2) is 0 Å². The smallest absolute Gasteiger partial charge is 0.255 e. The third kappa shape index (κ3) is 4.83. The van der Waals surface area contributed by atoms with Crippen molar-refractivity contribution in [3.63, 3.8) is 0 Å². The van der Waals surface area contributed by atoms with E-state index in [1.165, 1.54) is 31.5 Å². The van der Waals surface area contributed by atoms with Crippen LogP contribution in [-0.2, 0) is 6.54 Å². The molecule has 1 aliphatic heterocycles. The molecule has 0 aromatic heterocycles. The Kier molecular flexibility index (Phi) is 6.10. The standard InChI is InChI=1S/C24H24N2OS/c27-24(20-14-12-19(13-15-20)18-26-16-6-7-17-26)25-22-10-4-5-11-23(22)28-21-8-2-1-3-9-21/h1-5,8-15H,6-7,16-18H2,(H,25,27). The zero-order chi connectivity index (χ0) is 19.2. The Morgan fingerprint density at radius 1 is 0.857 bits per heavy atom. The fraction of sp³-hybridized carbons (Fsp3) is 0.208. The maximum Gasteiger partial charge on any atom is 0.255 e. The number of nitrogens with one attached hydrogen (secondary N) is 1. The molecule has 1 N–H and O–H groups in total. The molecule has 1 fully saturated rings. The maximum absolute atomic E-state index is 12.7. The summed E-state index contributed by atoms with van der Waals surface area (Å²) in [5.74, 6) is -0.0752. The van der Waals surface area contributed by atoms with Gasteiger partial charge in [0.2, 0.25) is 0 Å². The molecule has 0 radical (unpaired) electrons. The van der Waals surface area contributed by atoms with Gasteiger partial charge < -0.3 is 5.32 Å². The van der Waals surface area contributed by atoms with Gasteiger partial charge in [-0.3, -0.25) is 9.69 Å². The Balaban J connectivity index is 1.43. The molecular formula is C24H24N2OS. The number of nitrogens with zero attached hydrogens (tertiary/aromatic N) is 1. The Morgan fingerprint density at radius 2 is 1.54 bits per heavy atom. The lowest BCUT2D eigenvalue weighted by atomic mass is 10.1. The molecule has 1 heterocycles. The van der Waals surface area contributed by atoms with Gasteiger partial charge in [0.05, 0.1) is 5.69 Å². The highest BCUT2D eigenvalue weighted by molar-refractivity contribution is 7.99. The normalized spacial score (nSPS) is 14.1. The number of likely N-dealkylation sites (tertiary alicyclic amines) is 1. The summed E-state index contributed by atoms with van der Waals surface area (Å²) in [6.45, 7) is 3.33. The molecule has 1 saturated heterocycles. The first-order valence-electron chi connectivity index (χ1n) is 9.72. The first kappa shape index (κ1) is 18.8. The average Bonchev–Trinajstić information content (AvgIpc) is 3.24. The van der Waals surface area contributed by atoms with E-state index in [1.807, 2.05) is 54.6 Å². The summed E-state index contributed by atoms with van der Waals surface area (Å²) in [7, 11) is 0. The minimum Gasteiger partial charge on any atom is -0.321 e. The first-order valence-corrected chi connectivity index (χ1v) is 10.5. The number of para-hydroxylation sites is 1. The lowest BCUT2D eigenvalue weighted by molar-refractivity contribution is 0.102. The highest BCUT2D eigenvalue weighted by Gasteiger charge is 2.13. The topological polar surface area (TPSA) is 32.3 Å². The zero-order valence-corrected chi connectivity index (χ0v) is 16.6. The van der Waals surface area contributed by atoms with Crippen LogP contribution in [0, 0.1) is 0 Å². The molecule has 0 atom stereocenters. The molecular weight excluding hydrogens is 364 g/mol. The molecule has 0 unspecified atom stereocenters.